The van der Waals surface area contributed by atoms with Gasteiger partial charge in [0, 0.05) is 31.0 Å². The third-order valence-electron chi connectivity index (χ3n) is 3.71. The highest BCUT2D eigenvalue weighted by molar-refractivity contribution is 5.58. The minimum absolute atomic E-state index is 0.984. The largest absolute Gasteiger partial charge is 0.383 e. The zero-order chi connectivity index (χ0) is 13.1. The molecule has 0 radical (unpaired) electrons. The molecule has 0 saturated heterocycles. The summed E-state index contributed by atoms with van der Waals surface area (Å²) >= 11 is 0. The number of hydrogen-bond acceptors (Lipinski definition) is 2. The zero-order valence-corrected chi connectivity index (χ0v) is 11.4. The Bertz CT molecular complexity index is 563. The maximum atomic E-state index is 3.50. The van der Waals surface area contributed by atoms with E-state index in [0.29, 0.717) is 0 Å². The summed E-state index contributed by atoms with van der Waals surface area (Å²) in [5.41, 5.74) is 5.41. The van der Waals surface area contributed by atoms with Crippen molar-refractivity contribution in [1.29, 1.82) is 0 Å². The number of nitrogens with zero attached hydrogens (tertiary/aromatic N) is 1. The second kappa shape index (κ2) is 5.35. The average Bonchev–Trinajstić information content (AvgIpc) is 2.83. The average molecular weight is 252 g/mol. The van der Waals surface area contributed by atoms with Gasteiger partial charge in [-0.3, -0.25) is 0 Å². The van der Waals surface area contributed by atoms with Crippen molar-refractivity contribution in [2.24, 2.45) is 0 Å². The Kier molecular flexibility index (Phi) is 3.41. The predicted molar refractivity (Wildman–Crippen MR) is 82.0 cm³/mol. The third kappa shape index (κ3) is 2.73. The minimum atomic E-state index is 0.984. The van der Waals surface area contributed by atoms with Gasteiger partial charge in [-0.25, -0.2) is 0 Å². The lowest BCUT2D eigenvalue weighted by molar-refractivity contribution is 0.839. The number of fused-ring (bicyclic) bond motifs is 1. The number of benzene rings is 2. The van der Waals surface area contributed by atoms with E-state index in [0.717, 1.165) is 19.6 Å². The van der Waals surface area contributed by atoms with Gasteiger partial charge in [0.25, 0.3) is 0 Å². The lowest BCUT2D eigenvalue weighted by Crippen LogP contribution is -2.27. The van der Waals surface area contributed by atoms with Gasteiger partial charge in [-0.1, -0.05) is 30.3 Å². The van der Waals surface area contributed by atoms with Crippen LogP contribution >= 0.6 is 0 Å². The van der Waals surface area contributed by atoms with Crippen LogP contribution in [0.5, 0.6) is 0 Å². The molecule has 1 aliphatic rings. The Morgan fingerprint density at radius 3 is 2.89 bits per heavy atom. The van der Waals surface area contributed by atoms with Gasteiger partial charge >= 0.3 is 0 Å². The highest BCUT2D eigenvalue weighted by Gasteiger charge is 2.17. The smallest absolute Gasteiger partial charge is 0.0400 e. The van der Waals surface area contributed by atoms with Crippen molar-refractivity contribution in [1.82, 2.24) is 0 Å². The Morgan fingerprint density at radius 1 is 1.11 bits per heavy atom. The number of aryl methyl sites for hydroxylation is 1. The summed E-state index contributed by atoms with van der Waals surface area (Å²) in [5.74, 6) is 0. The van der Waals surface area contributed by atoms with Crippen molar-refractivity contribution >= 4 is 11.4 Å². The standard InChI is InChI=1S/C17H20N2/c1-14-5-4-7-16(13-14)18-10-12-19-11-9-15-6-2-3-8-17(15)19/h2-8,13,18H,9-12H2,1H3. The van der Waals surface area contributed by atoms with E-state index in [1.54, 1.807) is 0 Å². The van der Waals surface area contributed by atoms with Gasteiger partial charge in [0.05, 0.1) is 0 Å². The van der Waals surface area contributed by atoms with Gasteiger partial charge in [0.2, 0.25) is 0 Å². The SMILES string of the molecule is Cc1cccc(NCCN2CCc3ccccc32)c1. The van der Waals surface area contributed by atoms with Crippen molar-refractivity contribution in [3.63, 3.8) is 0 Å². The number of para-hydroxylation sites is 1. The Morgan fingerprint density at radius 2 is 2.00 bits per heavy atom. The van der Waals surface area contributed by atoms with E-state index in [-0.39, 0.29) is 0 Å². The van der Waals surface area contributed by atoms with Crippen LogP contribution < -0.4 is 10.2 Å². The summed E-state index contributed by atoms with van der Waals surface area (Å²) in [4.78, 5) is 2.47. The number of hydrogen-bond donors (Lipinski definition) is 1. The van der Waals surface area contributed by atoms with Crippen LogP contribution in [0.25, 0.3) is 0 Å². The Labute approximate surface area is 115 Å². The first-order chi connectivity index (χ1) is 9.33. The van der Waals surface area contributed by atoms with Crippen LogP contribution in [0.15, 0.2) is 48.5 Å². The highest BCUT2D eigenvalue weighted by Crippen LogP contribution is 2.26. The van der Waals surface area contributed by atoms with Crippen LogP contribution in [0.4, 0.5) is 11.4 Å². The molecule has 0 aromatic heterocycles. The zero-order valence-electron chi connectivity index (χ0n) is 11.4. The molecule has 1 aliphatic heterocycles. The van der Waals surface area contributed by atoms with E-state index in [2.05, 4.69) is 65.7 Å². The molecule has 0 atom stereocenters. The maximum Gasteiger partial charge on any atom is 0.0400 e. The summed E-state index contributed by atoms with van der Waals surface area (Å²) in [7, 11) is 0. The second-order valence-corrected chi connectivity index (χ2v) is 5.16. The van der Waals surface area contributed by atoms with E-state index in [1.807, 2.05) is 0 Å². The van der Waals surface area contributed by atoms with E-state index < -0.39 is 0 Å². The summed E-state index contributed by atoms with van der Waals surface area (Å²) in [5, 5.41) is 3.50. The molecule has 1 N–H and O–H groups in total. The van der Waals surface area contributed by atoms with Gasteiger partial charge in [-0.2, -0.15) is 0 Å². The molecule has 0 bridgehead atoms. The molecule has 0 aliphatic carbocycles. The van der Waals surface area contributed by atoms with Crippen molar-refractivity contribution < 1.29 is 0 Å². The van der Waals surface area contributed by atoms with E-state index in [4.69, 9.17) is 0 Å². The van der Waals surface area contributed by atoms with Gasteiger partial charge < -0.3 is 10.2 Å². The number of nitrogens with one attached hydrogen (secondary N) is 1. The van der Waals surface area contributed by atoms with Crippen molar-refractivity contribution in [3.8, 4) is 0 Å². The first-order valence-corrected chi connectivity index (χ1v) is 6.96. The van der Waals surface area contributed by atoms with Gasteiger partial charge in [-0.15, -0.1) is 0 Å². The van der Waals surface area contributed by atoms with E-state index in [1.165, 1.54) is 28.9 Å². The third-order valence-corrected chi connectivity index (χ3v) is 3.71. The molecule has 19 heavy (non-hydrogen) atoms. The summed E-state index contributed by atoms with van der Waals surface area (Å²) < 4.78 is 0. The van der Waals surface area contributed by atoms with Crippen LogP contribution in [0.1, 0.15) is 11.1 Å². The fourth-order valence-electron chi connectivity index (χ4n) is 2.73. The summed E-state index contributed by atoms with van der Waals surface area (Å²) in [6.07, 6.45) is 1.18. The molecule has 3 rings (SSSR count). The van der Waals surface area contributed by atoms with Crippen LogP contribution in [0, 0.1) is 6.92 Å². The second-order valence-electron chi connectivity index (χ2n) is 5.16. The molecule has 98 valence electrons. The summed E-state index contributed by atoms with van der Waals surface area (Å²) in [6.45, 7) is 5.32. The first kappa shape index (κ1) is 12.1. The molecule has 0 unspecified atom stereocenters. The fraction of sp³-hybridized carbons (Fsp3) is 0.294. The Hall–Kier alpha value is -1.96. The van der Waals surface area contributed by atoms with Crippen molar-refractivity contribution in [2.45, 2.75) is 13.3 Å². The lowest BCUT2D eigenvalue weighted by atomic mass is 10.2. The van der Waals surface area contributed by atoms with Crippen LogP contribution in [0.3, 0.4) is 0 Å². The Balaban J connectivity index is 1.57. The van der Waals surface area contributed by atoms with Gasteiger partial charge in [0.1, 0.15) is 0 Å². The van der Waals surface area contributed by atoms with Crippen LogP contribution in [-0.4, -0.2) is 19.6 Å². The predicted octanol–water partition coefficient (Wildman–Crippen LogP) is 3.47. The normalized spacial score (nSPS) is 13.4. The summed E-state index contributed by atoms with van der Waals surface area (Å²) in [6, 6.07) is 17.3. The van der Waals surface area contributed by atoms with Crippen LogP contribution in [0.2, 0.25) is 0 Å². The molecule has 2 aromatic rings. The number of rotatable bonds is 4. The maximum absolute atomic E-state index is 3.50. The lowest BCUT2D eigenvalue weighted by Gasteiger charge is -2.20. The topological polar surface area (TPSA) is 15.3 Å². The molecule has 2 aromatic carbocycles. The van der Waals surface area contributed by atoms with Crippen molar-refractivity contribution in [2.75, 3.05) is 29.9 Å². The van der Waals surface area contributed by atoms with Gasteiger partial charge in [-0.05, 0) is 42.7 Å². The fourth-order valence-corrected chi connectivity index (χ4v) is 2.73. The van der Waals surface area contributed by atoms with E-state index >= 15 is 0 Å². The molecule has 0 amide bonds. The minimum Gasteiger partial charge on any atom is -0.383 e. The molecule has 1 heterocycles. The molecular formula is C17H20N2. The molecule has 2 nitrogen and oxygen atoms in total. The molecule has 0 fully saturated rings. The molecule has 0 spiro atoms. The number of anilines is 2. The van der Waals surface area contributed by atoms with Gasteiger partial charge in [0.15, 0.2) is 0 Å². The quantitative estimate of drug-likeness (QED) is 0.896. The monoisotopic (exact) mass is 252 g/mol. The van der Waals surface area contributed by atoms with E-state index in [9.17, 15) is 0 Å². The molecule has 2 heteroatoms. The molecule has 0 saturated carbocycles. The highest BCUT2D eigenvalue weighted by atomic mass is 15.2. The molecular weight excluding hydrogens is 232 g/mol. The van der Waals surface area contributed by atoms with Crippen LogP contribution in [-0.2, 0) is 6.42 Å². The van der Waals surface area contributed by atoms with Crippen molar-refractivity contribution in [3.05, 3.63) is 59.7 Å². The first-order valence-electron chi connectivity index (χ1n) is 6.96.